The summed E-state index contributed by atoms with van der Waals surface area (Å²) in [7, 11) is 2.12. The van der Waals surface area contributed by atoms with Gasteiger partial charge in [-0.25, -0.2) is 0 Å². The summed E-state index contributed by atoms with van der Waals surface area (Å²) < 4.78 is 0. The van der Waals surface area contributed by atoms with Crippen LogP contribution in [0, 0.1) is 0 Å². The SMILES string of the molecule is C=CC(=O)N1CCCC(N(C)CC)C1. The zero-order valence-electron chi connectivity index (χ0n) is 9.20. The summed E-state index contributed by atoms with van der Waals surface area (Å²) in [6.07, 6.45) is 3.72. The lowest BCUT2D eigenvalue weighted by Gasteiger charge is -2.36. The van der Waals surface area contributed by atoms with Crippen LogP contribution in [0.3, 0.4) is 0 Å². The summed E-state index contributed by atoms with van der Waals surface area (Å²) in [5.74, 6) is 0.0687. The quantitative estimate of drug-likeness (QED) is 0.631. The Balaban J connectivity index is 2.51. The van der Waals surface area contributed by atoms with Crippen molar-refractivity contribution >= 4 is 5.91 Å². The monoisotopic (exact) mass is 196 g/mol. The number of amides is 1. The van der Waals surface area contributed by atoms with Gasteiger partial charge in [0.15, 0.2) is 0 Å². The minimum Gasteiger partial charge on any atom is -0.338 e. The van der Waals surface area contributed by atoms with Crippen LogP contribution in [0.25, 0.3) is 0 Å². The van der Waals surface area contributed by atoms with Crippen LogP contribution in [0.4, 0.5) is 0 Å². The third-order valence-corrected chi connectivity index (χ3v) is 3.00. The lowest BCUT2D eigenvalue weighted by molar-refractivity contribution is -0.127. The number of hydrogen-bond donors (Lipinski definition) is 0. The van der Waals surface area contributed by atoms with E-state index in [4.69, 9.17) is 0 Å². The van der Waals surface area contributed by atoms with E-state index >= 15 is 0 Å². The molecule has 3 heteroatoms. The Bertz CT molecular complexity index is 215. The molecule has 0 aromatic carbocycles. The molecule has 1 amide bonds. The normalized spacial score (nSPS) is 22.5. The first kappa shape index (κ1) is 11.2. The van der Waals surface area contributed by atoms with Crippen LogP contribution < -0.4 is 0 Å². The van der Waals surface area contributed by atoms with Crippen LogP contribution in [0.1, 0.15) is 19.8 Å². The molecule has 0 aromatic rings. The molecule has 1 atom stereocenters. The molecule has 0 spiro atoms. The van der Waals surface area contributed by atoms with Gasteiger partial charge in [0.05, 0.1) is 0 Å². The molecule has 1 aliphatic heterocycles. The Kier molecular flexibility index (Phi) is 4.14. The van der Waals surface area contributed by atoms with E-state index in [1.165, 1.54) is 12.5 Å². The molecular formula is C11H20N2O. The van der Waals surface area contributed by atoms with Crippen LogP contribution in [0.15, 0.2) is 12.7 Å². The summed E-state index contributed by atoms with van der Waals surface area (Å²) in [6, 6.07) is 0.526. The molecule has 0 bridgehead atoms. The Morgan fingerprint density at radius 1 is 1.71 bits per heavy atom. The molecule has 0 aliphatic carbocycles. The first-order valence-electron chi connectivity index (χ1n) is 5.30. The van der Waals surface area contributed by atoms with Gasteiger partial charge in [0.1, 0.15) is 0 Å². The maximum atomic E-state index is 11.4. The number of hydrogen-bond acceptors (Lipinski definition) is 2. The van der Waals surface area contributed by atoms with Crippen LogP contribution in [-0.4, -0.2) is 48.4 Å². The molecule has 3 nitrogen and oxygen atoms in total. The molecule has 0 radical (unpaired) electrons. The lowest BCUT2D eigenvalue weighted by atomic mass is 10.0. The van der Waals surface area contributed by atoms with Crippen molar-refractivity contribution in [1.82, 2.24) is 9.80 Å². The first-order valence-corrected chi connectivity index (χ1v) is 5.30. The fourth-order valence-corrected chi connectivity index (χ4v) is 1.90. The third kappa shape index (κ3) is 2.58. The van der Waals surface area contributed by atoms with Crippen molar-refractivity contribution < 1.29 is 4.79 Å². The summed E-state index contributed by atoms with van der Waals surface area (Å²) >= 11 is 0. The van der Waals surface area contributed by atoms with E-state index in [1.54, 1.807) is 0 Å². The average Bonchev–Trinajstić information content (AvgIpc) is 2.27. The Morgan fingerprint density at radius 2 is 2.43 bits per heavy atom. The van der Waals surface area contributed by atoms with Crippen LogP contribution in [0.5, 0.6) is 0 Å². The van der Waals surface area contributed by atoms with Crippen molar-refractivity contribution in [3.8, 4) is 0 Å². The predicted octanol–water partition coefficient (Wildman–Crippen LogP) is 1.12. The van der Waals surface area contributed by atoms with Crippen molar-refractivity contribution in [2.45, 2.75) is 25.8 Å². The maximum Gasteiger partial charge on any atom is 0.246 e. The number of likely N-dealkylation sites (N-methyl/N-ethyl adjacent to an activating group) is 1. The van der Waals surface area contributed by atoms with E-state index in [2.05, 4.69) is 25.5 Å². The van der Waals surface area contributed by atoms with Gasteiger partial charge in [-0.1, -0.05) is 13.5 Å². The second kappa shape index (κ2) is 5.15. The van der Waals surface area contributed by atoms with E-state index in [0.717, 1.165) is 26.1 Å². The van der Waals surface area contributed by atoms with E-state index in [9.17, 15) is 4.79 Å². The Labute approximate surface area is 86.4 Å². The minimum atomic E-state index is 0.0687. The number of likely N-dealkylation sites (tertiary alicyclic amines) is 1. The second-order valence-corrected chi connectivity index (χ2v) is 3.86. The van der Waals surface area contributed by atoms with Crippen LogP contribution >= 0.6 is 0 Å². The molecule has 0 saturated carbocycles. The summed E-state index contributed by atoms with van der Waals surface area (Å²) in [5.41, 5.74) is 0. The van der Waals surface area contributed by atoms with E-state index in [-0.39, 0.29) is 5.91 Å². The zero-order chi connectivity index (χ0) is 10.6. The number of carbonyl (C=O) groups excluding carboxylic acids is 1. The standard InChI is InChI=1S/C11H20N2O/c1-4-11(14)13-8-6-7-10(9-13)12(3)5-2/h4,10H,1,5-9H2,2-3H3. The highest BCUT2D eigenvalue weighted by molar-refractivity contribution is 5.87. The highest BCUT2D eigenvalue weighted by Crippen LogP contribution is 2.14. The van der Waals surface area contributed by atoms with E-state index < -0.39 is 0 Å². The van der Waals surface area contributed by atoms with Gasteiger partial charge in [-0.2, -0.15) is 0 Å². The van der Waals surface area contributed by atoms with Crippen molar-refractivity contribution in [3.05, 3.63) is 12.7 Å². The smallest absolute Gasteiger partial charge is 0.246 e. The number of nitrogens with zero attached hydrogens (tertiary/aromatic N) is 2. The second-order valence-electron chi connectivity index (χ2n) is 3.86. The first-order chi connectivity index (χ1) is 6.69. The molecular weight excluding hydrogens is 176 g/mol. The van der Waals surface area contributed by atoms with Crippen molar-refractivity contribution in [2.75, 3.05) is 26.7 Å². The number of rotatable bonds is 3. The fraction of sp³-hybridized carbons (Fsp3) is 0.727. The van der Waals surface area contributed by atoms with Gasteiger partial charge in [0.2, 0.25) is 5.91 Å². The van der Waals surface area contributed by atoms with Crippen LogP contribution in [-0.2, 0) is 4.79 Å². The van der Waals surface area contributed by atoms with E-state index in [0.29, 0.717) is 6.04 Å². The van der Waals surface area contributed by atoms with Gasteiger partial charge in [0, 0.05) is 19.1 Å². The summed E-state index contributed by atoms with van der Waals surface area (Å²) in [5, 5.41) is 0. The largest absolute Gasteiger partial charge is 0.338 e. The van der Waals surface area contributed by atoms with Gasteiger partial charge in [-0.3, -0.25) is 4.79 Å². The van der Waals surface area contributed by atoms with Gasteiger partial charge < -0.3 is 9.80 Å². The molecule has 1 heterocycles. The van der Waals surface area contributed by atoms with Gasteiger partial charge >= 0.3 is 0 Å². The highest BCUT2D eigenvalue weighted by Gasteiger charge is 2.23. The molecule has 14 heavy (non-hydrogen) atoms. The Hall–Kier alpha value is -0.830. The summed E-state index contributed by atoms with van der Waals surface area (Å²) in [6.45, 7) is 8.45. The zero-order valence-corrected chi connectivity index (χ0v) is 9.20. The molecule has 80 valence electrons. The van der Waals surface area contributed by atoms with Gasteiger partial charge in [0.25, 0.3) is 0 Å². The number of carbonyl (C=O) groups is 1. The fourth-order valence-electron chi connectivity index (χ4n) is 1.90. The molecule has 0 aromatic heterocycles. The molecule has 1 fully saturated rings. The van der Waals surface area contributed by atoms with Gasteiger partial charge in [-0.15, -0.1) is 0 Å². The molecule has 1 rings (SSSR count). The Morgan fingerprint density at radius 3 is 3.00 bits per heavy atom. The summed E-state index contributed by atoms with van der Waals surface area (Å²) in [4.78, 5) is 15.6. The molecule has 1 unspecified atom stereocenters. The van der Waals surface area contributed by atoms with E-state index in [1.807, 2.05) is 4.90 Å². The predicted molar refractivity (Wildman–Crippen MR) is 58.1 cm³/mol. The topological polar surface area (TPSA) is 23.6 Å². The van der Waals surface area contributed by atoms with Crippen LogP contribution in [0.2, 0.25) is 0 Å². The third-order valence-electron chi connectivity index (χ3n) is 3.00. The lowest BCUT2D eigenvalue weighted by Crippen LogP contribution is -2.48. The maximum absolute atomic E-state index is 11.4. The molecule has 1 saturated heterocycles. The molecule has 1 aliphatic rings. The van der Waals surface area contributed by atoms with Crippen molar-refractivity contribution in [3.63, 3.8) is 0 Å². The average molecular weight is 196 g/mol. The van der Waals surface area contributed by atoms with Crippen molar-refractivity contribution in [2.24, 2.45) is 0 Å². The van der Waals surface area contributed by atoms with Gasteiger partial charge in [-0.05, 0) is 32.5 Å². The minimum absolute atomic E-state index is 0.0687. The van der Waals surface area contributed by atoms with Crippen molar-refractivity contribution in [1.29, 1.82) is 0 Å². The number of piperidine rings is 1. The highest BCUT2D eigenvalue weighted by atomic mass is 16.2. The molecule has 0 N–H and O–H groups in total.